The summed E-state index contributed by atoms with van der Waals surface area (Å²) in [6.45, 7) is 21.2. The molecule has 1 aliphatic carbocycles. The third-order valence-electron chi connectivity index (χ3n) is 9.79. The Morgan fingerprint density at radius 2 is 1.82 bits per heavy atom. The van der Waals surface area contributed by atoms with Gasteiger partial charge in [-0.15, -0.1) is 0 Å². The van der Waals surface area contributed by atoms with Crippen LogP contribution >= 0.6 is 0 Å². The summed E-state index contributed by atoms with van der Waals surface area (Å²) in [6.07, 6.45) is 6.72. The van der Waals surface area contributed by atoms with Crippen molar-refractivity contribution in [2.45, 2.75) is 84.0 Å². The van der Waals surface area contributed by atoms with Crippen molar-refractivity contribution in [1.82, 2.24) is 0 Å². The second-order valence-corrected chi connectivity index (χ2v) is 13.9. The first-order chi connectivity index (χ1) is 18.0. The first-order valence-corrected chi connectivity index (χ1v) is 14.5. The molecular formula is C36H40N2. The van der Waals surface area contributed by atoms with Crippen LogP contribution in [0.5, 0.6) is 0 Å². The summed E-state index contributed by atoms with van der Waals surface area (Å²) in [5.41, 5.74) is 15.5. The highest BCUT2D eigenvalue weighted by Gasteiger charge is 2.40. The van der Waals surface area contributed by atoms with Crippen molar-refractivity contribution >= 4 is 33.9 Å². The number of aliphatic imine (C=N–C) groups is 1. The number of allylic oxidation sites excluding steroid dienone is 2. The molecule has 0 radical (unpaired) electrons. The van der Waals surface area contributed by atoms with Crippen LogP contribution in [0, 0.1) is 0 Å². The van der Waals surface area contributed by atoms with Crippen LogP contribution in [0.25, 0.3) is 16.8 Å². The molecule has 0 amide bonds. The van der Waals surface area contributed by atoms with Gasteiger partial charge >= 0.3 is 0 Å². The zero-order valence-electron chi connectivity index (χ0n) is 24.0. The molecule has 194 valence electrons. The quantitative estimate of drug-likeness (QED) is 0.325. The highest BCUT2D eigenvalue weighted by Crippen LogP contribution is 2.51. The van der Waals surface area contributed by atoms with E-state index in [0.717, 1.165) is 18.5 Å². The Hall–Kier alpha value is -3.13. The Morgan fingerprint density at radius 3 is 2.61 bits per heavy atom. The minimum Gasteiger partial charge on any atom is -0.371 e. The van der Waals surface area contributed by atoms with Crippen LogP contribution in [0.1, 0.15) is 93.7 Å². The Balaban J connectivity index is 1.32. The monoisotopic (exact) mass is 500 g/mol. The molecule has 3 aromatic carbocycles. The molecule has 38 heavy (non-hydrogen) atoms. The van der Waals surface area contributed by atoms with Gasteiger partial charge in [-0.1, -0.05) is 72.4 Å². The molecule has 0 fully saturated rings. The lowest BCUT2D eigenvalue weighted by molar-refractivity contribution is 0.435. The summed E-state index contributed by atoms with van der Waals surface area (Å²) < 4.78 is 0. The van der Waals surface area contributed by atoms with Crippen molar-refractivity contribution in [3.05, 3.63) is 87.5 Å². The maximum Gasteiger partial charge on any atom is 0.0675 e. The minimum atomic E-state index is 0.147. The third kappa shape index (κ3) is 3.49. The maximum atomic E-state index is 5.20. The molecule has 0 N–H and O–H groups in total. The van der Waals surface area contributed by atoms with E-state index in [1.807, 2.05) is 0 Å². The molecule has 3 aliphatic heterocycles. The molecule has 0 aromatic heterocycles. The predicted molar refractivity (Wildman–Crippen MR) is 164 cm³/mol. The second kappa shape index (κ2) is 7.94. The van der Waals surface area contributed by atoms with E-state index in [1.54, 1.807) is 16.8 Å². The Bertz CT molecular complexity index is 1600. The van der Waals surface area contributed by atoms with Crippen LogP contribution in [0.3, 0.4) is 0 Å². The number of hydrogen-bond acceptors (Lipinski definition) is 2. The molecule has 2 nitrogen and oxygen atoms in total. The first kappa shape index (κ1) is 23.9. The minimum absolute atomic E-state index is 0.147. The van der Waals surface area contributed by atoms with E-state index in [9.17, 15) is 0 Å². The van der Waals surface area contributed by atoms with Gasteiger partial charge in [0.25, 0.3) is 0 Å². The normalized spacial score (nSPS) is 21.6. The first-order valence-electron chi connectivity index (χ1n) is 14.5. The smallest absolute Gasteiger partial charge is 0.0675 e. The van der Waals surface area contributed by atoms with E-state index in [0.29, 0.717) is 5.92 Å². The summed E-state index contributed by atoms with van der Waals surface area (Å²) in [5.74, 6) is 0.610. The number of rotatable bonds is 1. The molecule has 0 spiro atoms. The fraction of sp³-hybridized carbons (Fsp3) is 0.417. The number of hydrogen-bond donors (Lipinski definition) is 0. The van der Waals surface area contributed by atoms with Gasteiger partial charge < -0.3 is 4.90 Å². The lowest BCUT2D eigenvalue weighted by Crippen LogP contribution is -2.42. The molecule has 1 unspecified atom stereocenters. The van der Waals surface area contributed by atoms with E-state index in [1.165, 1.54) is 75.8 Å². The molecule has 1 atom stereocenters. The van der Waals surface area contributed by atoms with Crippen molar-refractivity contribution < 1.29 is 0 Å². The number of anilines is 1. The molecule has 0 saturated heterocycles. The van der Waals surface area contributed by atoms with Crippen molar-refractivity contribution in [2.24, 2.45) is 4.99 Å². The van der Waals surface area contributed by atoms with Crippen LogP contribution in [0.4, 0.5) is 11.4 Å². The van der Waals surface area contributed by atoms with E-state index in [-0.39, 0.29) is 10.8 Å². The van der Waals surface area contributed by atoms with Crippen LogP contribution in [-0.2, 0) is 23.7 Å². The maximum absolute atomic E-state index is 5.20. The van der Waals surface area contributed by atoms with Crippen LogP contribution in [0.2, 0.25) is 0 Å². The van der Waals surface area contributed by atoms with Crippen molar-refractivity contribution in [3.8, 4) is 0 Å². The Labute approximate surface area is 228 Å². The van der Waals surface area contributed by atoms with E-state index in [4.69, 9.17) is 4.99 Å². The van der Waals surface area contributed by atoms with Crippen LogP contribution < -0.4 is 4.90 Å². The van der Waals surface area contributed by atoms with Gasteiger partial charge in [-0.25, -0.2) is 0 Å². The van der Waals surface area contributed by atoms with Gasteiger partial charge in [0.1, 0.15) is 0 Å². The van der Waals surface area contributed by atoms with Gasteiger partial charge in [0.15, 0.2) is 0 Å². The van der Waals surface area contributed by atoms with E-state index < -0.39 is 0 Å². The van der Waals surface area contributed by atoms with Crippen molar-refractivity contribution in [3.63, 3.8) is 0 Å². The molecule has 2 heteroatoms. The fourth-order valence-corrected chi connectivity index (χ4v) is 7.40. The zero-order chi connectivity index (χ0) is 26.6. The second-order valence-electron chi connectivity index (χ2n) is 13.9. The third-order valence-corrected chi connectivity index (χ3v) is 9.79. The predicted octanol–water partition coefficient (Wildman–Crippen LogP) is 8.96. The highest BCUT2D eigenvalue weighted by molar-refractivity contribution is 6.15. The average molecular weight is 501 g/mol. The fourth-order valence-electron chi connectivity index (χ4n) is 7.40. The van der Waals surface area contributed by atoms with Gasteiger partial charge in [-0.05, 0) is 110 Å². The van der Waals surface area contributed by atoms with E-state index >= 15 is 0 Å². The van der Waals surface area contributed by atoms with Gasteiger partial charge in [0.05, 0.1) is 11.4 Å². The number of benzene rings is 3. The SMILES string of the molecule is C=C1Cc2c(cc3c4c2C(C)(C)CCN4CCC3C)C=C1C1=Nc2ccc3cc(C(C)(C)C)ccc3c2C1. The molecular weight excluding hydrogens is 460 g/mol. The molecule has 4 aliphatic rings. The standard InChI is InChI=1S/C36H40N2/c1-21-12-14-38-15-13-36(6,7)33-29-16-22(2)27(18-24(29)19-28(21)34(33)38)32-20-30-26-10-9-25(35(3,4)5)17-23(26)8-11-31(30)37-32/h8-11,17-19,21H,2,12-16,20H2,1,3-7H3. The number of nitrogens with zero attached hydrogens (tertiary/aromatic N) is 2. The topological polar surface area (TPSA) is 15.6 Å². The summed E-state index contributed by atoms with van der Waals surface area (Å²) in [4.78, 5) is 7.87. The highest BCUT2D eigenvalue weighted by atomic mass is 15.1. The van der Waals surface area contributed by atoms with Gasteiger partial charge in [0.2, 0.25) is 0 Å². The van der Waals surface area contributed by atoms with Gasteiger partial charge in [-0.2, -0.15) is 0 Å². The average Bonchev–Trinajstić information content (AvgIpc) is 3.30. The molecule has 3 aromatic rings. The van der Waals surface area contributed by atoms with Crippen molar-refractivity contribution in [2.75, 3.05) is 18.0 Å². The number of fused-ring (bicyclic) bond motifs is 5. The lowest BCUT2D eigenvalue weighted by Gasteiger charge is -2.47. The van der Waals surface area contributed by atoms with Crippen molar-refractivity contribution in [1.29, 1.82) is 0 Å². The summed E-state index contributed by atoms with van der Waals surface area (Å²) in [6, 6.07) is 14.0. The molecule has 0 bridgehead atoms. The van der Waals surface area contributed by atoms with Crippen LogP contribution in [0.15, 0.2) is 59.1 Å². The van der Waals surface area contributed by atoms with Crippen LogP contribution in [-0.4, -0.2) is 18.8 Å². The zero-order valence-corrected chi connectivity index (χ0v) is 24.0. The lowest BCUT2D eigenvalue weighted by atomic mass is 9.68. The summed E-state index contributed by atoms with van der Waals surface area (Å²) >= 11 is 0. The molecule has 0 saturated carbocycles. The molecule has 3 heterocycles. The summed E-state index contributed by atoms with van der Waals surface area (Å²) in [7, 11) is 0. The Kier molecular flexibility index (Phi) is 5.01. The largest absolute Gasteiger partial charge is 0.371 e. The van der Waals surface area contributed by atoms with Gasteiger partial charge in [-0.3, -0.25) is 4.99 Å². The Morgan fingerprint density at radius 1 is 1.00 bits per heavy atom. The molecule has 7 rings (SSSR count). The van der Waals surface area contributed by atoms with E-state index in [2.05, 4.69) is 95.5 Å². The summed E-state index contributed by atoms with van der Waals surface area (Å²) in [5, 5.41) is 2.66. The van der Waals surface area contributed by atoms with Gasteiger partial charge in [0, 0.05) is 25.2 Å².